The average molecular weight is 497 g/mol. The lowest BCUT2D eigenvalue weighted by Gasteiger charge is -2.31. The molecule has 0 radical (unpaired) electrons. The van der Waals surface area contributed by atoms with E-state index in [-0.39, 0.29) is 25.2 Å². The second kappa shape index (κ2) is 13.9. The lowest BCUT2D eigenvalue weighted by atomic mass is 9.90. The molecular weight excluding hydrogens is 460 g/mol. The van der Waals surface area contributed by atoms with Crippen LogP contribution < -0.4 is 0 Å². The molecule has 2 unspecified atom stereocenters. The number of carbonyl (C=O) groups is 2. The van der Waals surface area contributed by atoms with Crippen LogP contribution in [0.2, 0.25) is 0 Å². The molecule has 0 saturated carbocycles. The van der Waals surface area contributed by atoms with E-state index in [0.29, 0.717) is 30.4 Å². The molecule has 0 saturated heterocycles. The second-order valence-corrected chi connectivity index (χ2v) is 7.91. The maximum absolute atomic E-state index is 12.7. The van der Waals surface area contributed by atoms with E-state index in [2.05, 4.69) is 0 Å². The number of hydrogen-bond donors (Lipinski definition) is 0. The Hall–Kier alpha value is -2.02. The van der Waals surface area contributed by atoms with Crippen LogP contribution in [-0.2, 0) is 47.5 Å². The van der Waals surface area contributed by atoms with Crippen LogP contribution in [0, 0.1) is 0 Å². The Morgan fingerprint density at radius 2 is 1.03 bits per heavy atom. The molecule has 0 aromatic heterocycles. The van der Waals surface area contributed by atoms with Crippen molar-refractivity contribution in [1.29, 1.82) is 0 Å². The first kappa shape index (κ1) is 29.2. The Balaban J connectivity index is 2.21. The first-order valence-corrected chi connectivity index (χ1v) is 11.2. The van der Waals surface area contributed by atoms with E-state index < -0.39 is 23.8 Å². The summed E-state index contributed by atoms with van der Waals surface area (Å²) in [5.41, 5.74) is 0.799. The van der Waals surface area contributed by atoms with E-state index in [9.17, 15) is 9.59 Å². The van der Waals surface area contributed by atoms with Gasteiger partial charge in [0.25, 0.3) is 0 Å². The van der Waals surface area contributed by atoms with Crippen molar-refractivity contribution in [3.63, 3.8) is 0 Å². The topological polar surface area (TPSA) is 108 Å². The lowest BCUT2D eigenvalue weighted by Crippen LogP contribution is -2.36. The van der Waals surface area contributed by atoms with Crippen LogP contribution >= 0.6 is 0 Å². The molecule has 0 spiro atoms. The van der Waals surface area contributed by atoms with Crippen LogP contribution in [0.1, 0.15) is 19.3 Å². The summed E-state index contributed by atoms with van der Waals surface area (Å²) in [6.07, 6.45) is 9.39. The summed E-state index contributed by atoms with van der Waals surface area (Å²) in [5.74, 6) is -2.72. The summed E-state index contributed by atoms with van der Waals surface area (Å²) in [7, 11) is 8.97. The molecule has 0 aliphatic heterocycles. The van der Waals surface area contributed by atoms with Crippen molar-refractivity contribution in [1.82, 2.24) is 0 Å². The maximum Gasteiger partial charge on any atom is 0.208 e. The second-order valence-electron chi connectivity index (χ2n) is 7.91. The highest BCUT2D eigenvalue weighted by molar-refractivity contribution is 6.06. The highest BCUT2D eigenvalue weighted by Crippen LogP contribution is 2.30. The average Bonchev–Trinajstić information content (AvgIpc) is 2.89. The van der Waals surface area contributed by atoms with Crippen LogP contribution in [0.4, 0.5) is 0 Å². The zero-order valence-electron chi connectivity index (χ0n) is 21.2. The van der Waals surface area contributed by atoms with Crippen LogP contribution in [0.5, 0.6) is 0 Å². The van der Waals surface area contributed by atoms with E-state index in [1.54, 1.807) is 24.3 Å². The van der Waals surface area contributed by atoms with Crippen molar-refractivity contribution < 1.29 is 47.5 Å². The van der Waals surface area contributed by atoms with E-state index in [1.807, 2.05) is 0 Å². The Labute approximate surface area is 206 Å². The SMILES string of the molecule is COCOC(CCCC(OCOC)C1=CC(OC)(OC)C=CC1=O)C1=CC(OC)(OC)C=CC1=O. The van der Waals surface area contributed by atoms with Crippen molar-refractivity contribution >= 4 is 11.6 Å². The molecule has 10 heteroatoms. The predicted molar refractivity (Wildman–Crippen MR) is 125 cm³/mol. The predicted octanol–water partition coefficient (Wildman–Crippen LogP) is 2.24. The Kier molecular flexibility index (Phi) is 11.6. The maximum atomic E-state index is 12.7. The normalized spacial score (nSPS) is 20.5. The van der Waals surface area contributed by atoms with Gasteiger partial charge in [0, 0.05) is 53.8 Å². The summed E-state index contributed by atoms with van der Waals surface area (Å²) in [6, 6.07) is 0. The first-order valence-electron chi connectivity index (χ1n) is 11.2. The minimum atomic E-state index is -1.16. The number of ether oxygens (including phenoxy) is 8. The molecule has 2 atom stereocenters. The number of allylic oxidation sites excluding steroid dienone is 2. The highest BCUT2D eigenvalue weighted by Gasteiger charge is 2.35. The van der Waals surface area contributed by atoms with Crippen molar-refractivity contribution in [2.45, 2.75) is 43.0 Å². The van der Waals surface area contributed by atoms with Gasteiger partial charge in [0.15, 0.2) is 11.6 Å². The Morgan fingerprint density at radius 1 is 0.657 bits per heavy atom. The fourth-order valence-corrected chi connectivity index (χ4v) is 3.87. The largest absolute Gasteiger partial charge is 0.359 e. The zero-order valence-corrected chi connectivity index (χ0v) is 21.2. The fraction of sp³-hybridized carbons (Fsp3) is 0.600. The molecule has 0 aromatic carbocycles. The summed E-state index contributed by atoms with van der Waals surface area (Å²) in [6.45, 7) is -0.0115. The standard InChI is InChI=1S/C25H36O10/c1-28-16-34-22(18-14-24(30-3,31-4)12-10-20(18)26)8-7-9-23(35-17-29-2)19-15-25(32-5,33-6)13-11-21(19)27/h10-15,22-23H,7-9,16-17H2,1-6H3. The molecule has 0 N–H and O–H groups in total. The third kappa shape index (κ3) is 7.48. The van der Waals surface area contributed by atoms with Crippen LogP contribution in [0.3, 0.4) is 0 Å². The van der Waals surface area contributed by atoms with Gasteiger partial charge in [-0.25, -0.2) is 0 Å². The monoisotopic (exact) mass is 496 g/mol. The van der Waals surface area contributed by atoms with E-state index >= 15 is 0 Å². The van der Waals surface area contributed by atoms with Crippen molar-refractivity contribution in [3.05, 3.63) is 47.6 Å². The number of methoxy groups -OCH3 is 6. The van der Waals surface area contributed by atoms with Crippen LogP contribution in [-0.4, -0.2) is 91.6 Å². The van der Waals surface area contributed by atoms with E-state index in [0.717, 1.165) is 0 Å². The Morgan fingerprint density at radius 3 is 1.34 bits per heavy atom. The van der Waals surface area contributed by atoms with Gasteiger partial charge >= 0.3 is 0 Å². The zero-order chi connectivity index (χ0) is 25.9. The third-order valence-electron chi connectivity index (χ3n) is 5.89. The van der Waals surface area contributed by atoms with Gasteiger partial charge in [-0.15, -0.1) is 0 Å². The third-order valence-corrected chi connectivity index (χ3v) is 5.89. The quantitative estimate of drug-likeness (QED) is 0.295. The molecule has 2 aliphatic rings. The molecule has 2 rings (SSSR count). The Bertz CT molecular complexity index is 765. The van der Waals surface area contributed by atoms with Crippen LogP contribution in [0.15, 0.2) is 47.6 Å². The molecule has 35 heavy (non-hydrogen) atoms. The van der Waals surface area contributed by atoms with Gasteiger partial charge in [0.2, 0.25) is 11.6 Å². The van der Waals surface area contributed by atoms with Gasteiger partial charge in [-0.3, -0.25) is 9.59 Å². The molecule has 0 fully saturated rings. The van der Waals surface area contributed by atoms with Crippen molar-refractivity contribution in [2.75, 3.05) is 56.2 Å². The van der Waals surface area contributed by atoms with Gasteiger partial charge in [0.05, 0.1) is 12.2 Å². The summed E-state index contributed by atoms with van der Waals surface area (Å²) >= 11 is 0. The molecule has 196 valence electrons. The molecule has 10 nitrogen and oxygen atoms in total. The minimum Gasteiger partial charge on any atom is -0.359 e. The van der Waals surface area contributed by atoms with E-state index in [4.69, 9.17) is 37.9 Å². The number of ketones is 2. The molecular formula is C25H36O10. The van der Waals surface area contributed by atoms with E-state index in [1.165, 1.54) is 54.8 Å². The summed E-state index contributed by atoms with van der Waals surface area (Å²) < 4.78 is 43.6. The van der Waals surface area contributed by atoms with Crippen LogP contribution in [0.25, 0.3) is 0 Å². The molecule has 0 amide bonds. The smallest absolute Gasteiger partial charge is 0.208 e. The fourth-order valence-electron chi connectivity index (χ4n) is 3.87. The molecule has 0 heterocycles. The summed E-state index contributed by atoms with van der Waals surface area (Å²) in [4.78, 5) is 25.3. The lowest BCUT2D eigenvalue weighted by molar-refractivity contribution is -0.139. The van der Waals surface area contributed by atoms with Gasteiger partial charge in [0.1, 0.15) is 13.6 Å². The number of rotatable bonds is 16. The number of carbonyl (C=O) groups excluding carboxylic acids is 2. The number of hydrogen-bond acceptors (Lipinski definition) is 10. The summed E-state index contributed by atoms with van der Waals surface area (Å²) in [5, 5.41) is 0. The van der Waals surface area contributed by atoms with Crippen molar-refractivity contribution in [2.24, 2.45) is 0 Å². The minimum absolute atomic E-state index is 0.00575. The molecule has 2 aliphatic carbocycles. The van der Waals surface area contributed by atoms with Gasteiger partial charge in [-0.2, -0.15) is 0 Å². The van der Waals surface area contributed by atoms with Gasteiger partial charge < -0.3 is 37.9 Å². The molecule has 0 bridgehead atoms. The van der Waals surface area contributed by atoms with Gasteiger partial charge in [-0.05, 0) is 55.7 Å². The molecule has 0 aromatic rings. The van der Waals surface area contributed by atoms with Gasteiger partial charge in [-0.1, -0.05) is 0 Å². The first-order chi connectivity index (χ1) is 16.8. The van der Waals surface area contributed by atoms with Crippen molar-refractivity contribution in [3.8, 4) is 0 Å². The highest BCUT2D eigenvalue weighted by atomic mass is 16.7.